The number of hydrogen-bond donors (Lipinski definition) is 1. The van der Waals surface area contributed by atoms with Crippen LogP contribution >= 0.6 is 11.8 Å². The molecule has 2 unspecified atom stereocenters. The summed E-state index contributed by atoms with van der Waals surface area (Å²) < 4.78 is 0. The van der Waals surface area contributed by atoms with Gasteiger partial charge in [-0.05, 0) is 29.3 Å². The molecule has 0 radical (unpaired) electrons. The molecule has 0 aliphatic rings. The number of benzene rings is 2. The molecule has 0 fully saturated rings. The summed E-state index contributed by atoms with van der Waals surface area (Å²) in [6.07, 6.45) is 1.24. The normalized spacial score (nSPS) is 14.3. The molecule has 2 rings (SSSR count). The summed E-state index contributed by atoms with van der Waals surface area (Å²) in [7, 11) is 0. The van der Waals surface area contributed by atoms with Crippen LogP contribution < -0.4 is 5.32 Å². The number of nitrogens with one attached hydrogen (secondary N) is 1. The van der Waals surface area contributed by atoms with Crippen molar-refractivity contribution in [3.05, 3.63) is 48.0 Å². The standard InChI is InChI=1S/C18H25NS/c1-4-14(3)20-13-18(19-5-2)17-12-8-10-15-9-6-7-11-16(15)17/h6-12,14,18-19H,4-5,13H2,1-3H3. The maximum Gasteiger partial charge on any atom is 0.0418 e. The molecule has 2 atom stereocenters. The van der Waals surface area contributed by atoms with Crippen molar-refractivity contribution in [3.8, 4) is 0 Å². The third-order valence-corrected chi connectivity index (χ3v) is 5.20. The fraction of sp³-hybridized carbons (Fsp3) is 0.444. The van der Waals surface area contributed by atoms with E-state index in [4.69, 9.17) is 0 Å². The quantitative estimate of drug-likeness (QED) is 0.767. The minimum Gasteiger partial charge on any atom is -0.309 e. The van der Waals surface area contributed by atoms with E-state index in [2.05, 4.69) is 80.3 Å². The molecule has 0 amide bonds. The highest BCUT2D eigenvalue weighted by Crippen LogP contribution is 2.28. The van der Waals surface area contributed by atoms with E-state index in [-0.39, 0.29) is 0 Å². The van der Waals surface area contributed by atoms with Crippen LogP contribution in [-0.2, 0) is 0 Å². The Morgan fingerprint density at radius 1 is 1.05 bits per heavy atom. The minimum absolute atomic E-state index is 0.435. The summed E-state index contributed by atoms with van der Waals surface area (Å²) in [6, 6.07) is 15.8. The van der Waals surface area contributed by atoms with Gasteiger partial charge in [0.05, 0.1) is 0 Å². The molecule has 108 valence electrons. The first-order chi connectivity index (χ1) is 9.76. The van der Waals surface area contributed by atoms with E-state index in [0.717, 1.165) is 17.5 Å². The summed E-state index contributed by atoms with van der Waals surface area (Å²) >= 11 is 2.07. The second-order valence-electron chi connectivity index (χ2n) is 5.23. The zero-order chi connectivity index (χ0) is 14.4. The largest absolute Gasteiger partial charge is 0.309 e. The van der Waals surface area contributed by atoms with E-state index in [1.807, 2.05) is 0 Å². The van der Waals surface area contributed by atoms with Gasteiger partial charge in [-0.2, -0.15) is 11.8 Å². The van der Waals surface area contributed by atoms with Crippen molar-refractivity contribution < 1.29 is 0 Å². The highest BCUT2D eigenvalue weighted by Gasteiger charge is 2.14. The summed E-state index contributed by atoms with van der Waals surface area (Å²) in [6.45, 7) is 7.77. The van der Waals surface area contributed by atoms with E-state index in [1.54, 1.807) is 0 Å². The lowest BCUT2D eigenvalue weighted by Gasteiger charge is -2.21. The zero-order valence-electron chi connectivity index (χ0n) is 12.7. The van der Waals surface area contributed by atoms with Gasteiger partial charge in [0.2, 0.25) is 0 Å². The number of hydrogen-bond acceptors (Lipinski definition) is 2. The first-order valence-electron chi connectivity index (χ1n) is 7.58. The zero-order valence-corrected chi connectivity index (χ0v) is 13.5. The van der Waals surface area contributed by atoms with Gasteiger partial charge in [-0.3, -0.25) is 0 Å². The minimum atomic E-state index is 0.435. The van der Waals surface area contributed by atoms with Crippen LogP contribution in [0.15, 0.2) is 42.5 Å². The van der Waals surface area contributed by atoms with Gasteiger partial charge in [0, 0.05) is 17.0 Å². The van der Waals surface area contributed by atoms with Crippen LogP contribution in [0, 0.1) is 0 Å². The molecule has 2 aromatic carbocycles. The lowest BCUT2D eigenvalue weighted by Crippen LogP contribution is -2.24. The number of fused-ring (bicyclic) bond motifs is 1. The van der Waals surface area contributed by atoms with Crippen molar-refractivity contribution in [2.45, 2.75) is 38.5 Å². The third kappa shape index (κ3) is 3.77. The van der Waals surface area contributed by atoms with Crippen molar-refractivity contribution in [2.24, 2.45) is 0 Å². The molecule has 0 heterocycles. The van der Waals surface area contributed by atoms with Crippen LogP contribution in [-0.4, -0.2) is 17.5 Å². The van der Waals surface area contributed by atoms with E-state index < -0.39 is 0 Å². The fourth-order valence-electron chi connectivity index (χ4n) is 2.44. The Morgan fingerprint density at radius 2 is 1.80 bits per heavy atom. The van der Waals surface area contributed by atoms with Crippen LogP contribution in [0.25, 0.3) is 10.8 Å². The Morgan fingerprint density at radius 3 is 2.55 bits per heavy atom. The molecule has 2 aromatic rings. The topological polar surface area (TPSA) is 12.0 Å². The van der Waals surface area contributed by atoms with E-state index in [9.17, 15) is 0 Å². The first-order valence-corrected chi connectivity index (χ1v) is 8.63. The Bertz CT molecular complexity index is 532. The molecule has 0 saturated carbocycles. The molecule has 0 bridgehead atoms. The summed E-state index contributed by atoms with van der Waals surface area (Å²) in [4.78, 5) is 0. The summed E-state index contributed by atoms with van der Waals surface area (Å²) in [5, 5.41) is 7.09. The monoisotopic (exact) mass is 287 g/mol. The van der Waals surface area contributed by atoms with Gasteiger partial charge < -0.3 is 5.32 Å². The number of rotatable bonds is 7. The van der Waals surface area contributed by atoms with Gasteiger partial charge in [0.15, 0.2) is 0 Å². The van der Waals surface area contributed by atoms with E-state index in [1.165, 1.54) is 22.8 Å². The van der Waals surface area contributed by atoms with Gasteiger partial charge in [-0.25, -0.2) is 0 Å². The van der Waals surface area contributed by atoms with Crippen molar-refractivity contribution in [1.29, 1.82) is 0 Å². The second kappa shape index (κ2) is 7.70. The van der Waals surface area contributed by atoms with E-state index in [0.29, 0.717) is 6.04 Å². The van der Waals surface area contributed by atoms with Crippen LogP contribution in [0.4, 0.5) is 0 Å². The van der Waals surface area contributed by atoms with Crippen molar-refractivity contribution in [3.63, 3.8) is 0 Å². The molecule has 0 saturated heterocycles. The Hall–Kier alpha value is -0.990. The van der Waals surface area contributed by atoms with Gasteiger partial charge in [0.1, 0.15) is 0 Å². The first kappa shape index (κ1) is 15.4. The highest BCUT2D eigenvalue weighted by molar-refractivity contribution is 7.99. The van der Waals surface area contributed by atoms with Gasteiger partial charge in [-0.15, -0.1) is 0 Å². The number of thioether (sulfide) groups is 1. The Balaban J connectivity index is 2.26. The average Bonchev–Trinajstić information content (AvgIpc) is 2.50. The maximum absolute atomic E-state index is 3.65. The van der Waals surface area contributed by atoms with Crippen molar-refractivity contribution in [2.75, 3.05) is 12.3 Å². The third-order valence-electron chi connectivity index (χ3n) is 3.77. The SMILES string of the molecule is CCNC(CSC(C)CC)c1cccc2ccccc12. The lowest BCUT2D eigenvalue weighted by molar-refractivity contribution is 0.608. The molecule has 2 heteroatoms. The Kier molecular flexibility index (Phi) is 5.93. The summed E-state index contributed by atoms with van der Waals surface area (Å²) in [5.41, 5.74) is 1.43. The van der Waals surface area contributed by atoms with E-state index >= 15 is 0 Å². The molecule has 0 aliphatic heterocycles. The molecule has 1 N–H and O–H groups in total. The molecular formula is C18H25NS. The predicted molar refractivity (Wildman–Crippen MR) is 92.6 cm³/mol. The van der Waals surface area contributed by atoms with Crippen LogP contribution in [0.1, 0.15) is 38.8 Å². The van der Waals surface area contributed by atoms with Crippen molar-refractivity contribution >= 4 is 22.5 Å². The Labute approximate surface area is 127 Å². The van der Waals surface area contributed by atoms with Crippen LogP contribution in [0.3, 0.4) is 0 Å². The average molecular weight is 287 g/mol. The molecular weight excluding hydrogens is 262 g/mol. The molecule has 1 nitrogen and oxygen atoms in total. The van der Waals surface area contributed by atoms with Gasteiger partial charge in [0.25, 0.3) is 0 Å². The van der Waals surface area contributed by atoms with Crippen LogP contribution in [0.5, 0.6) is 0 Å². The molecule has 20 heavy (non-hydrogen) atoms. The predicted octanol–water partition coefficient (Wildman–Crippen LogP) is 5.02. The molecule has 0 aliphatic carbocycles. The second-order valence-corrected chi connectivity index (χ2v) is 6.70. The van der Waals surface area contributed by atoms with Crippen molar-refractivity contribution in [1.82, 2.24) is 5.32 Å². The molecule has 0 aromatic heterocycles. The highest BCUT2D eigenvalue weighted by atomic mass is 32.2. The fourth-order valence-corrected chi connectivity index (χ4v) is 3.49. The van der Waals surface area contributed by atoms with Gasteiger partial charge >= 0.3 is 0 Å². The van der Waals surface area contributed by atoms with Gasteiger partial charge in [-0.1, -0.05) is 63.2 Å². The molecule has 0 spiro atoms. The maximum atomic E-state index is 3.65. The van der Waals surface area contributed by atoms with Crippen LogP contribution in [0.2, 0.25) is 0 Å². The summed E-state index contributed by atoms with van der Waals surface area (Å²) in [5.74, 6) is 1.14. The lowest BCUT2D eigenvalue weighted by atomic mass is 9.99. The smallest absolute Gasteiger partial charge is 0.0418 e.